The monoisotopic (exact) mass is 302 g/mol. The zero-order valence-electron chi connectivity index (χ0n) is 12.9. The number of hydrogen-bond acceptors (Lipinski definition) is 4. The number of carbonyl (C=O) groups is 1. The molecule has 2 N–H and O–H groups in total. The molecule has 1 atom stereocenters. The number of furan rings is 1. The van der Waals surface area contributed by atoms with Crippen molar-refractivity contribution in [2.75, 3.05) is 26.7 Å². The molecule has 0 bridgehead atoms. The van der Waals surface area contributed by atoms with Crippen LogP contribution in [0.5, 0.6) is 5.75 Å². The summed E-state index contributed by atoms with van der Waals surface area (Å²) in [4.78, 5) is 12.1. The molecule has 5 nitrogen and oxygen atoms in total. The van der Waals surface area contributed by atoms with Gasteiger partial charge in [0.25, 0.3) is 0 Å². The molecule has 1 unspecified atom stereocenters. The van der Waals surface area contributed by atoms with Gasteiger partial charge in [0.1, 0.15) is 11.3 Å². The SMILES string of the molecule is COc1ccc2c(CC(=O)NCC3CCCNC3)coc2c1. The van der Waals surface area contributed by atoms with Gasteiger partial charge in [0.2, 0.25) is 5.91 Å². The number of nitrogens with one attached hydrogen (secondary N) is 2. The van der Waals surface area contributed by atoms with Crippen molar-refractivity contribution in [2.24, 2.45) is 5.92 Å². The molecule has 1 amide bonds. The van der Waals surface area contributed by atoms with Crippen LogP contribution in [0.15, 0.2) is 28.9 Å². The molecule has 22 heavy (non-hydrogen) atoms. The van der Waals surface area contributed by atoms with Crippen LogP contribution in [0.4, 0.5) is 0 Å². The van der Waals surface area contributed by atoms with Crippen LogP contribution < -0.4 is 15.4 Å². The van der Waals surface area contributed by atoms with Crippen molar-refractivity contribution >= 4 is 16.9 Å². The third-order valence-electron chi connectivity index (χ3n) is 4.20. The first-order chi connectivity index (χ1) is 10.8. The van der Waals surface area contributed by atoms with E-state index in [4.69, 9.17) is 9.15 Å². The minimum Gasteiger partial charge on any atom is -0.497 e. The number of fused-ring (bicyclic) bond motifs is 1. The van der Waals surface area contributed by atoms with Crippen LogP contribution in [0.1, 0.15) is 18.4 Å². The summed E-state index contributed by atoms with van der Waals surface area (Å²) in [6.07, 6.45) is 4.38. The number of benzene rings is 1. The Hall–Kier alpha value is -2.01. The van der Waals surface area contributed by atoms with E-state index in [9.17, 15) is 4.79 Å². The minimum absolute atomic E-state index is 0.0455. The highest BCUT2D eigenvalue weighted by Crippen LogP contribution is 2.25. The summed E-state index contributed by atoms with van der Waals surface area (Å²) in [6, 6.07) is 5.66. The van der Waals surface area contributed by atoms with Gasteiger partial charge in [0.05, 0.1) is 19.8 Å². The lowest BCUT2D eigenvalue weighted by molar-refractivity contribution is -0.120. The second kappa shape index (κ2) is 6.83. The van der Waals surface area contributed by atoms with E-state index in [1.165, 1.54) is 12.8 Å². The zero-order valence-corrected chi connectivity index (χ0v) is 12.9. The summed E-state index contributed by atoms with van der Waals surface area (Å²) in [6.45, 7) is 2.83. The first-order valence-corrected chi connectivity index (χ1v) is 7.78. The third kappa shape index (κ3) is 3.42. The Morgan fingerprint density at radius 2 is 2.41 bits per heavy atom. The zero-order chi connectivity index (χ0) is 15.4. The molecule has 1 aliphatic heterocycles. The van der Waals surface area contributed by atoms with E-state index in [0.29, 0.717) is 12.3 Å². The summed E-state index contributed by atoms with van der Waals surface area (Å²) < 4.78 is 10.7. The van der Waals surface area contributed by atoms with Gasteiger partial charge in [-0.05, 0) is 44.0 Å². The molecule has 1 aliphatic rings. The van der Waals surface area contributed by atoms with Crippen molar-refractivity contribution in [1.29, 1.82) is 0 Å². The van der Waals surface area contributed by atoms with Gasteiger partial charge in [0, 0.05) is 23.6 Å². The van der Waals surface area contributed by atoms with Gasteiger partial charge in [-0.2, -0.15) is 0 Å². The molecule has 1 fully saturated rings. The molecular formula is C17H22N2O3. The van der Waals surface area contributed by atoms with E-state index >= 15 is 0 Å². The fourth-order valence-electron chi connectivity index (χ4n) is 2.92. The molecule has 2 heterocycles. The number of hydrogen-bond donors (Lipinski definition) is 2. The predicted octanol–water partition coefficient (Wildman–Crippen LogP) is 2.10. The van der Waals surface area contributed by atoms with E-state index in [1.807, 2.05) is 18.2 Å². The van der Waals surface area contributed by atoms with Gasteiger partial charge in [-0.15, -0.1) is 0 Å². The van der Waals surface area contributed by atoms with Crippen molar-refractivity contribution in [1.82, 2.24) is 10.6 Å². The van der Waals surface area contributed by atoms with Crippen molar-refractivity contribution in [2.45, 2.75) is 19.3 Å². The number of carbonyl (C=O) groups excluding carboxylic acids is 1. The number of amides is 1. The highest BCUT2D eigenvalue weighted by atomic mass is 16.5. The Morgan fingerprint density at radius 3 is 3.18 bits per heavy atom. The maximum Gasteiger partial charge on any atom is 0.224 e. The largest absolute Gasteiger partial charge is 0.497 e. The molecule has 2 aromatic rings. The number of methoxy groups -OCH3 is 1. The molecule has 0 saturated carbocycles. The highest BCUT2D eigenvalue weighted by Gasteiger charge is 2.15. The van der Waals surface area contributed by atoms with Gasteiger partial charge in [-0.25, -0.2) is 0 Å². The maximum atomic E-state index is 12.1. The maximum absolute atomic E-state index is 12.1. The molecule has 0 radical (unpaired) electrons. The molecule has 118 valence electrons. The standard InChI is InChI=1S/C17H22N2O3/c1-21-14-4-5-15-13(11-22-16(15)8-14)7-17(20)19-10-12-3-2-6-18-9-12/h4-5,8,11-12,18H,2-3,6-7,9-10H2,1H3,(H,19,20). The second-order valence-electron chi connectivity index (χ2n) is 5.82. The van der Waals surface area contributed by atoms with Gasteiger partial charge >= 0.3 is 0 Å². The van der Waals surface area contributed by atoms with E-state index in [1.54, 1.807) is 13.4 Å². The molecule has 1 saturated heterocycles. The van der Waals surface area contributed by atoms with Crippen molar-refractivity contribution in [3.63, 3.8) is 0 Å². The molecule has 1 aromatic carbocycles. The first-order valence-electron chi connectivity index (χ1n) is 7.78. The van der Waals surface area contributed by atoms with Crippen molar-refractivity contribution in [3.05, 3.63) is 30.0 Å². The van der Waals surface area contributed by atoms with Gasteiger partial charge in [-0.1, -0.05) is 0 Å². The smallest absolute Gasteiger partial charge is 0.224 e. The summed E-state index contributed by atoms with van der Waals surface area (Å²) in [5, 5.41) is 7.36. The molecule has 0 aliphatic carbocycles. The Bertz CT molecular complexity index is 644. The van der Waals surface area contributed by atoms with Crippen LogP contribution in [-0.2, 0) is 11.2 Å². The van der Waals surface area contributed by atoms with Crippen LogP contribution in [0.25, 0.3) is 11.0 Å². The summed E-state index contributed by atoms with van der Waals surface area (Å²) >= 11 is 0. The first kappa shape index (κ1) is 14.9. The van der Waals surface area contributed by atoms with Gasteiger partial charge < -0.3 is 19.8 Å². The van der Waals surface area contributed by atoms with E-state index in [2.05, 4.69) is 10.6 Å². The Kier molecular flexibility index (Phi) is 4.63. The lowest BCUT2D eigenvalue weighted by atomic mass is 9.99. The molecule has 0 spiro atoms. The Morgan fingerprint density at radius 1 is 1.50 bits per heavy atom. The normalized spacial score (nSPS) is 18.3. The van der Waals surface area contributed by atoms with Crippen LogP contribution in [0.3, 0.4) is 0 Å². The average Bonchev–Trinajstić information content (AvgIpc) is 2.96. The molecule has 3 rings (SSSR count). The molecule has 1 aromatic heterocycles. The Balaban J connectivity index is 1.59. The summed E-state index contributed by atoms with van der Waals surface area (Å²) in [5.74, 6) is 1.34. The fraction of sp³-hybridized carbons (Fsp3) is 0.471. The lowest BCUT2D eigenvalue weighted by Gasteiger charge is -2.22. The second-order valence-corrected chi connectivity index (χ2v) is 5.82. The quantitative estimate of drug-likeness (QED) is 0.888. The van der Waals surface area contributed by atoms with E-state index in [-0.39, 0.29) is 5.91 Å². The van der Waals surface area contributed by atoms with Crippen molar-refractivity contribution in [3.8, 4) is 5.75 Å². The van der Waals surface area contributed by atoms with Crippen LogP contribution in [-0.4, -0.2) is 32.7 Å². The minimum atomic E-state index is 0.0455. The van der Waals surface area contributed by atoms with Crippen molar-refractivity contribution < 1.29 is 13.9 Å². The fourth-order valence-corrected chi connectivity index (χ4v) is 2.92. The average molecular weight is 302 g/mol. The highest BCUT2D eigenvalue weighted by molar-refractivity contribution is 5.88. The van der Waals surface area contributed by atoms with Gasteiger partial charge in [-0.3, -0.25) is 4.79 Å². The molecular weight excluding hydrogens is 280 g/mol. The lowest BCUT2D eigenvalue weighted by Crippen LogP contribution is -2.38. The number of piperidine rings is 1. The summed E-state index contributed by atoms with van der Waals surface area (Å²) in [7, 11) is 1.62. The van der Waals surface area contributed by atoms with E-state index in [0.717, 1.165) is 41.9 Å². The molecule has 5 heteroatoms. The summed E-state index contributed by atoms with van der Waals surface area (Å²) in [5.41, 5.74) is 1.66. The Labute approximate surface area is 130 Å². The van der Waals surface area contributed by atoms with Crippen LogP contribution in [0, 0.1) is 5.92 Å². The number of ether oxygens (including phenoxy) is 1. The van der Waals surface area contributed by atoms with E-state index < -0.39 is 0 Å². The topological polar surface area (TPSA) is 63.5 Å². The predicted molar refractivity (Wildman–Crippen MR) is 85.1 cm³/mol. The number of rotatable bonds is 5. The third-order valence-corrected chi connectivity index (χ3v) is 4.20. The van der Waals surface area contributed by atoms with Gasteiger partial charge in [0.15, 0.2) is 0 Å². The van der Waals surface area contributed by atoms with Crippen LogP contribution >= 0.6 is 0 Å². The van der Waals surface area contributed by atoms with Crippen LogP contribution in [0.2, 0.25) is 0 Å².